The topological polar surface area (TPSA) is 40.1 Å². The molecular weight excluding hydrogens is 172 g/mol. The van der Waals surface area contributed by atoms with Crippen molar-refractivity contribution in [2.24, 2.45) is 0 Å². The van der Waals surface area contributed by atoms with Crippen molar-refractivity contribution in [3.63, 3.8) is 0 Å². The predicted octanol–water partition coefficient (Wildman–Crippen LogP) is 1.07. The number of rotatable bonds is 3. The van der Waals surface area contributed by atoms with E-state index in [9.17, 15) is 9.90 Å². The summed E-state index contributed by atoms with van der Waals surface area (Å²) in [6, 6.07) is 1.95. The first-order chi connectivity index (χ1) is 5.79. The van der Waals surface area contributed by atoms with Crippen LogP contribution in [0.4, 0.5) is 0 Å². The molecule has 0 saturated carbocycles. The fourth-order valence-corrected chi connectivity index (χ4v) is 1.30. The van der Waals surface area contributed by atoms with Gasteiger partial charge in [-0.3, -0.25) is 0 Å². The summed E-state index contributed by atoms with van der Waals surface area (Å²) in [5.41, 5.74) is 1.07. The van der Waals surface area contributed by atoms with Gasteiger partial charge >= 0.3 is 0 Å². The predicted molar refractivity (Wildman–Crippen MR) is 47.5 cm³/mol. The van der Waals surface area contributed by atoms with Gasteiger partial charge in [-0.1, -0.05) is 18.2 Å². The van der Waals surface area contributed by atoms with Gasteiger partial charge in [0.05, 0.1) is 5.97 Å². The third-order valence-electron chi connectivity index (χ3n) is 1.18. The number of carboxylic acids is 1. The van der Waals surface area contributed by atoms with Gasteiger partial charge < -0.3 is 9.90 Å². The Labute approximate surface area is 74.5 Å². The van der Waals surface area contributed by atoms with E-state index in [1.807, 2.05) is 22.9 Å². The summed E-state index contributed by atoms with van der Waals surface area (Å²) in [6.07, 6.45) is 5.92. The van der Waals surface area contributed by atoms with E-state index in [0.717, 1.165) is 11.6 Å². The number of allylic oxidation sites excluding steroid dienone is 2. The molecule has 1 aromatic rings. The maximum absolute atomic E-state index is 9.93. The highest BCUT2D eigenvalue weighted by Gasteiger charge is 1.81. The van der Waals surface area contributed by atoms with Crippen molar-refractivity contribution in [3.8, 4) is 0 Å². The fraction of sp³-hybridized carbons (Fsp3) is 0. The van der Waals surface area contributed by atoms with Gasteiger partial charge in [-0.15, -0.1) is 0 Å². The summed E-state index contributed by atoms with van der Waals surface area (Å²) in [6.45, 7) is 0. The van der Waals surface area contributed by atoms with Crippen LogP contribution in [0.3, 0.4) is 0 Å². The van der Waals surface area contributed by atoms with Gasteiger partial charge in [0.15, 0.2) is 0 Å². The Hall–Kier alpha value is -1.35. The quantitative estimate of drug-likeness (QED) is 0.514. The van der Waals surface area contributed by atoms with Crippen LogP contribution in [0.2, 0.25) is 0 Å². The Balaban J connectivity index is 2.47. The highest BCUT2D eigenvalue weighted by molar-refractivity contribution is 7.08. The molecule has 0 unspecified atom stereocenters. The molecule has 1 aromatic heterocycles. The zero-order valence-electron chi connectivity index (χ0n) is 6.27. The van der Waals surface area contributed by atoms with Crippen molar-refractivity contribution in [2.75, 3.05) is 0 Å². The van der Waals surface area contributed by atoms with Gasteiger partial charge in [-0.2, -0.15) is 11.3 Å². The Kier molecular flexibility index (Phi) is 3.29. The third kappa shape index (κ3) is 3.16. The molecule has 0 N–H and O–H groups in total. The van der Waals surface area contributed by atoms with Crippen molar-refractivity contribution in [1.82, 2.24) is 0 Å². The Morgan fingerprint density at radius 1 is 1.50 bits per heavy atom. The molecule has 0 aliphatic heterocycles. The molecule has 0 amide bonds. The molecule has 1 heterocycles. The Bertz CT molecular complexity index is 296. The smallest absolute Gasteiger partial charge is 0.0642 e. The lowest BCUT2D eigenvalue weighted by molar-refractivity contribution is -0.297. The van der Waals surface area contributed by atoms with E-state index in [2.05, 4.69) is 0 Å². The van der Waals surface area contributed by atoms with Crippen LogP contribution < -0.4 is 5.11 Å². The summed E-state index contributed by atoms with van der Waals surface area (Å²) in [5, 5.41) is 13.9. The number of carbonyl (C=O) groups excluding carboxylic acids is 1. The maximum atomic E-state index is 9.93. The van der Waals surface area contributed by atoms with E-state index in [-0.39, 0.29) is 0 Å². The summed E-state index contributed by atoms with van der Waals surface area (Å²) in [7, 11) is 0. The zero-order valence-corrected chi connectivity index (χ0v) is 7.08. The molecule has 62 valence electrons. The lowest BCUT2D eigenvalue weighted by atomic mass is 10.3. The van der Waals surface area contributed by atoms with Crippen LogP contribution in [0.15, 0.2) is 35.1 Å². The highest BCUT2D eigenvalue weighted by Crippen LogP contribution is 2.07. The van der Waals surface area contributed by atoms with Gasteiger partial charge in [0.2, 0.25) is 0 Å². The molecule has 0 saturated heterocycles. The molecule has 0 bridgehead atoms. The third-order valence-corrected chi connectivity index (χ3v) is 1.88. The number of carboxylic acid groups (broad SMARTS) is 1. The normalized spacial score (nSPS) is 11.3. The van der Waals surface area contributed by atoms with E-state index in [1.165, 1.54) is 6.08 Å². The van der Waals surface area contributed by atoms with E-state index < -0.39 is 5.97 Å². The molecule has 3 heteroatoms. The first-order valence-corrected chi connectivity index (χ1v) is 4.31. The van der Waals surface area contributed by atoms with Gasteiger partial charge in [0.1, 0.15) is 0 Å². The van der Waals surface area contributed by atoms with E-state index in [4.69, 9.17) is 0 Å². The number of hydrogen-bond acceptors (Lipinski definition) is 3. The van der Waals surface area contributed by atoms with E-state index in [0.29, 0.717) is 0 Å². The van der Waals surface area contributed by atoms with Gasteiger partial charge in [-0.05, 0) is 28.5 Å². The van der Waals surface area contributed by atoms with Crippen molar-refractivity contribution in [2.45, 2.75) is 0 Å². The number of thiophene rings is 1. The SMILES string of the molecule is O=C([O-])/C=C/C=C/c1ccsc1. The average molecular weight is 179 g/mol. The number of hydrogen-bond donors (Lipinski definition) is 0. The molecule has 0 aromatic carbocycles. The molecule has 0 fully saturated rings. The summed E-state index contributed by atoms with van der Waals surface area (Å²) in [5.74, 6) is -1.18. The molecule has 0 aliphatic carbocycles. The average Bonchev–Trinajstić information content (AvgIpc) is 2.49. The van der Waals surface area contributed by atoms with Crippen LogP contribution in [-0.2, 0) is 4.79 Å². The first kappa shape index (κ1) is 8.74. The van der Waals surface area contributed by atoms with E-state index in [1.54, 1.807) is 17.4 Å². The van der Waals surface area contributed by atoms with Crippen molar-refractivity contribution < 1.29 is 9.90 Å². The van der Waals surface area contributed by atoms with Crippen LogP contribution in [-0.4, -0.2) is 5.97 Å². The minimum absolute atomic E-state index is 0.989. The lowest BCUT2D eigenvalue weighted by Gasteiger charge is -1.86. The van der Waals surface area contributed by atoms with Crippen molar-refractivity contribution in [1.29, 1.82) is 0 Å². The van der Waals surface area contributed by atoms with E-state index >= 15 is 0 Å². The molecular formula is C9H7O2S-. The van der Waals surface area contributed by atoms with Crippen molar-refractivity contribution >= 4 is 23.4 Å². The lowest BCUT2D eigenvalue weighted by Crippen LogP contribution is -2.18. The second kappa shape index (κ2) is 4.51. The van der Waals surface area contributed by atoms with Crippen molar-refractivity contribution in [3.05, 3.63) is 40.6 Å². The minimum atomic E-state index is -1.18. The summed E-state index contributed by atoms with van der Waals surface area (Å²) < 4.78 is 0. The van der Waals surface area contributed by atoms with Crippen LogP contribution in [0, 0.1) is 0 Å². The Morgan fingerprint density at radius 2 is 2.33 bits per heavy atom. The monoisotopic (exact) mass is 179 g/mol. The molecule has 12 heavy (non-hydrogen) atoms. The molecule has 0 radical (unpaired) electrons. The van der Waals surface area contributed by atoms with Gasteiger partial charge in [-0.25, -0.2) is 0 Å². The largest absolute Gasteiger partial charge is 0.545 e. The van der Waals surface area contributed by atoms with Crippen LogP contribution in [0.5, 0.6) is 0 Å². The van der Waals surface area contributed by atoms with Crippen LogP contribution >= 0.6 is 11.3 Å². The standard InChI is InChI=1S/C9H8O2S/c10-9(11)4-2-1-3-8-5-6-12-7-8/h1-7H,(H,10,11)/p-1/b3-1+,4-2+. The highest BCUT2D eigenvalue weighted by atomic mass is 32.1. The zero-order chi connectivity index (χ0) is 8.81. The minimum Gasteiger partial charge on any atom is -0.545 e. The molecule has 0 spiro atoms. The van der Waals surface area contributed by atoms with Crippen LogP contribution in [0.25, 0.3) is 6.08 Å². The number of carbonyl (C=O) groups is 1. The summed E-state index contributed by atoms with van der Waals surface area (Å²) >= 11 is 1.60. The number of aliphatic carboxylic acids is 1. The molecule has 1 rings (SSSR count). The summed E-state index contributed by atoms with van der Waals surface area (Å²) in [4.78, 5) is 9.93. The second-order valence-corrected chi connectivity index (χ2v) is 2.87. The molecule has 0 aliphatic rings. The Morgan fingerprint density at radius 3 is 2.92 bits per heavy atom. The van der Waals surface area contributed by atoms with Gasteiger partial charge in [0, 0.05) is 0 Å². The maximum Gasteiger partial charge on any atom is 0.0642 e. The second-order valence-electron chi connectivity index (χ2n) is 2.09. The molecule has 2 nitrogen and oxygen atoms in total. The first-order valence-electron chi connectivity index (χ1n) is 3.37. The molecule has 0 atom stereocenters. The van der Waals surface area contributed by atoms with Gasteiger partial charge in [0.25, 0.3) is 0 Å². The van der Waals surface area contributed by atoms with Crippen LogP contribution in [0.1, 0.15) is 5.56 Å². The fourth-order valence-electron chi connectivity index (χ4n) is 0.671.